The Bertz CT molecular complexity index is 665. The molecule has 3 aromatic rings. The van der Waals surface area contributed by atoms with E-state index in [-0.39, 0.29) is 0 Å². The van der Waals surface area contributed by atoms with Crippen LogP contribution in [0.1, 0.15) is 25.5 Å². The highest BCUT2D eigenvalue weighted by Crippen LogP contribution is 2.21. The maximum atomic E-state index is 5.64. The number of hydrogen-bond donors (Lipinski definition) is 2. The van der Waals surface area contributed by atoms with Crippen molar-refractivity contribution in [3.8, 4) is 11.5 Å². The van der Waals surface area contributed by atoms with Gasteiger partial charge < -0.3 is 5.73 Å². The summed E-state index contributed by atoms with van der Waals surface area (Å²) < 4.78 is 1.62. The number of hydrogen-bond acceptors (Lipinski definition) is 6. The lowest BCUT2D eigenvalue weighted by atomic mass is 10.2. The molecule has 0 aliphatic rings. The van der Waals surface area contributed by atoms with Gasteiger partial charge in [0.05, 0.1) is 0 Å². The lowest BCUT2D eigenvalue weighted by molar-refractivity contribution is 0.772. The average Bonchev–Trinajstić information content (AvgIpc) is 3.01. The van der Waals surface area contributed by atoms with E-state index in [9.17, 15) is 0 Å². The number of nitrogens with one attached hydrogen (secondary N) is 1. The standard InChI is InChI=1S/C10H13N7S/c1-2-3-4-6-5-7(13-12-6)8-14-15-10-17(8)16-9(11)18-10/h5H,2-4H2,1H3,(H2,11,16)(H,12,13). The Labute approximate surface area is 107 Å². The monoisotopic (exact) mass is 263 g/mol. The van der Waals surface area contributed by atoms with E-state index in [0.29, 0.717) is 15.9 Å². The zero-order valence-electron chi connectivity index (χ0n) is 9.92. The number of nitrogen functional groups attached to an aromatic ring is 1. The predicted molar refractivity (Wildman–Crippen MR) is 69.3 cm³/mol. The van der Waals surface area contributed by atoms with Gasteiger partial charge in [-0.15, -0.1) is 15.3 Å². The van der Waals surface area contributed by atoms with Crippen LogP contribution in [0.25, 0.3) is 16.5 Å². The molecule has 0 radical (unpaired) electrons. The SMILES string of the molecule is CCCCc1cc(-c2nnc3sc(N)nn23)n[nH]1. The van der Waals surface area contributed by atoms with Gasteiger partial charge in [-0.1, -0.05) is 24.7 Å². The molecule has 0 unspecified atom stereocenters. The van der Waals surface area contributed by atoms with Crippen LogP contribution in [-0.2, 0) is 6.42 Å². The van der Waals surface area contributed by atoms with E-state index < -0.39 is 0 Å². The van der Waals surface area contributed by atoms with E-state index in [1.807, 2.05) is 6.07 Å². The van der Waals surface area contributed by atoms with Crippen LogP contribution in [0.15, 0.2) is 6.07 Å². The van der Waals surface area contributed by atoms with E-state index >= 15 is 0 Å². The summed E-state index contributed by atoms with van der Waals surface area (Å²) >= 11 is 1.31. The van der Waals surface area contributed by atoms with Crippen molar-refractivity contribution in [2.45, 2.75) is 26.2 Å². The summed E-state index contributed by atoms with van der Waals surface area (Å²) in [7, 11) is 0. The Hall–Kier alpha value is -1.96. The number of fused-ring (bicyclic) bond motifs is 1. The second-order valence-corrected chi connectivity index (χ2v) is 5.03. The second-order valence-electron chi connectivity index (χ2n) is 4.04. The fraction of sp³-hybridized carbons (Fsp3) is 0.400. The highest BCUT2D eigenvalue weighted by Gasteiger charge is 2.14. The summed E-state index contributed by atoms with van der Waals surface area (Å²) in [6, 6.07) is 1.99. The van der Waals surface area contributed by atoms with Crippen LogP contribution in [0.4, 0.5) is 5.13 Å². The van der Waals surface area contributed by atoms with Gasteiger partial charge in [-0.25, -0.2) is 0 Å². The molecule has 0 saturated heterocycles. The van der Waals surface area contributed by atoms with Crippen molar-refractivity contribution in [1.29, 1.82) is 0 Å². The Morgan fingerprint density at radius 3 is 3.17 bits per heavy atom. The summed E-state index contributed by atoms with van der Waals surface area (Å²) in [5.41, 5.74) is 7.50. The number of anilines is 1. The van der Waals surface area contributed by atoms with Crippen LogP contribution in [-0.4, -0.2) is 30.0 Å². The number of unbranched alkanes of at least 4 members (excludes halogenated alkanes) is 1. The van der Waals surface area contributed by atoms with Gasteiger partial charge >= 0.3 is 0 Å². The third-order valence-electron chi connectivity index (χ3n) is 2.67. The minimum Gasteiger partial charge on any atom is -0.374 e. The molecule has 8 heteroatoms. The fourth-order valence-electron chi connectivity index (χ4n) is 1.76. The van der Waals surface area contributed by atoms with Crippen molar-refractivity contribution in [2.24, 2.45) is 0 Å². The van der Waals surface area contributed by atoms with Crippen LogP contribution >= 0.6 is 11.3 Å². The zero-order chi connectivity index (χ0) is 12.5. The van der Waals surface area contributed by atoms with Gasteiger partial charge in [0.2, 0.25) is 15.9 Å². The highest BCUT2D eigenvalue weighted by atomic mass is 32.1. The van der Waals surface area contributed by atoms with E-state index in [1.165, 1.54) is 11.3 Å². The Morgan fingerprint density at radius 2 is 2.33 bits per heavy atom. The lowest BCUT2D eigenvalue weighted by Gasteiger charge is -1.91. The molecule has 3 heterocycles. The van der Waals surface area contributed by atoms with Crippen LogP contribution in [0.3, 0.4) is 0 Å². The molecular formula is C10H13N7S. The molecule has 0 amide bonds. The number of rotatable bonds is 4. The van der Waals surface area contributed by atoms with Gasteiger partial charge in [-0.2, -0.15) is 9.61 Å². The molecular weight excluding hydrogens is 250 g/mol. The smallest absolute Gasteiger partial charge is 0.236 e. The molecule has 0 spiro atoms. The molecule has 0 saturated carbocycles. The molecule has 3 N–H and O–H groups in total. The van der Waals surface area contributed by atoms with E-state index in [2.05, 4.69) is 32.4 Å². The normalized spacial score (nSPS) is 11.4. The molecule has 18 heavy (non-hydrogen) atoms. The van der Waals surface area contributed by atoms with Gasteiger partial charge in [0, 0.05) is 5.69 Å². The maximum Gasteiger partial charge on any atom is 0.236 e. The molecule has 0 aromatic carbocycles. The molecule has 3 aromatic heterocycles. The minimum atomic E-state index is 0.475. The summed E-state index contributed by atoms with van der Waals surface area (Å²) in [5, 5.41) is 20.0. The Morgan fingerprint density at radius 1 is 1.44 bits per heavy atom. The van der Waals surface area contributed by atoms with Crippen LogP contribution in [0.5, 0.6) is 0 Å². The largest absolute Gasteiger partial charge is 0.374 e. The third kappa shape index (κ3) is 1.84. The summed E-state index contributed by atoms with van der Waals surface area (Å²) in [6.07, 6.45) is 3.29. The Balaban J connectivity index is 1.95. The summed E-state index contributed by atoms with van der Waals surface area (Å²) in [5.74, 6) is 0.622. The fourth-order valence-corrected chi connectivity index (χ4v) is 2.37. The van der Waals surface area contributed by atoms with Gasteiger partial charge in [0.25, 0.3) is 0 Å². The van der Waals surface area contributed by atoms with E-state index in [0.717, 1.165) is 30.7 Å². The first kappa shape index (κ1) is 11.1. The molecule has 7 nitrogen and oxygen atoms in total. The zero-order valence-corrected chi connectivity index (χ0v) is 10.7. The number of aromatic nitrogens is 6. The second kappa shape index (κ2) is 4.37. The first-order chi connectivity index (χ1) is 8.78. The van der Waals surface area contributed by atoms with Crippen LogP contribution in [0, 0.1) is 0 Å². The maximum absolute atomic E-state index is 5.64. The van der Waals surface area contributed by atoms with Gasteiger partial charge in [0.1, 0.15) is 5.69 Å². The first-order valence-corrected chi connectivity index (χ1v) is 6.62. The molecule has 0 atom stereocenters. The Kier molecular flexibility index (Phi) is 2.71. The van der Waals surface area contributed by atoms with Crippen LogP contribution in [0.2, 0.25) is 0 Å². The highest BCUT2D eigenvalue weighted by molar-refractivity contribution is 7.20. The number of nitrogens with two attached hydrogens (primary N) is 1. The molecule has 3 rings (SSSR count). The van der Waals surface area contributed by atoms with Crippen molar-refractivity contribution in [3.63, 3.8) is 0 Å². The van der Waals surface area contributed by atoms with Gasteiger partial charge in [0.15, 0.2) is 0 Å². The van der Waals surface area contributed by atoms with Crippen molar-refractivity contribution in [1.82, 2.24) is 30.0 Å². The molecule has 0 aliphatic heterocycles. The van der Waals surface area contributed by atoms with E-state index in [1.54, 1.807) is 4.52 Å². The quantitative estimate of drug-likeness (QED) is 0.743. The number of aryl methyl sites for hydroxylation is 1. The van der Waals surface area contributed by atoms with E-state index in [4.69, 9.17) is 5.73 Å². The molecule has 0 bridgehead atoms. The molecule has 94 valence electrons. The number of aromatic amines is 1. The molecule has 0 aliphatic carbocycles. The topological polar surface area (TPSA) is 97.8 Å². The third-order valence-corrected chi connectivity index (χ3v) is 3.39. The van der Waals surface area contributed by atoms with Crippen molar-refractivity contribution in [2.75, 3.05) is 5.73 Å². The van der Waals surface area contributed by atoms with Crippen molar-refractivity contribution in [3.05, 3.63) is 11.8 Å². The average molecular weight is 263 g/mol. The van der Waals surface area contributed by atoms with Crippen LogP contribution < -0.4 is 5.73 Å². The lowest BCUT2D eigenvalue weighted by Crippen LogP contribution is -1.92. The van der Waals surface area contributed by atoms with Crippen molar-refractivity contribution >= 4 is 21.4 Å². The first-order valence-electron chi connectivity index (χ1n) is 5.80. The number of H-pyrrole nitrogens is 1. The number of nitrogens with zero attached hydrogens (tertiary/aromatic N) is 5. The van der Waals surface area contributed by atoms with Gasteiger partial charge in [-0.3, -0.25) is 5.10 Å². The van der Waals surface area contributed by atoms with Gasteiger partial charge in [-0.05, 0) is 18.9 Å². The molecule has 0 fully saturated rings. The van der Waals surface area contributed by atoms with Crippen molar-refractivity contribution < 1.29 is 0 Å². The summed E-state index contributed by atoms with van der Waals surface area (Å²) in [6.45, 7) is 2.16. The summed E-state index contributed by atoms with van der Waals surface area (Å²) in [4.78, 5) is 0.681. The predicted octanol–water partition coefficient (Wildman–Crippen LogP) is 1.50. The minimum absolute atomic E-state index is 0.475.